The lowest BCUT2D eigenvalue weighted by atomic mass is 9.98. The first-order chi connectivity index (χ1) is 41.6. The van der Waals surface area contributed by atoms with Crippen LogP contribution in [0.15, 0.2) is 66.7 Å². The summed E-state index contributed by atoms with van der Waals surface area (Å²) in [5, 5.41) is 11.2. The lowest BCUT2D eigenvalue weighted by molar-refractivity contribution is 0.412. The van der Waals surface area contributed by atoms with Gasteiger partial charge in [-0.1, -0.05) is 94.5 Å². The number of hydrogen-bond acceptors (Lipinski definition) is 11. The van der Waals surface area contributed by atoms with Crippen molar-refractivity contribution >= 4 is 56.4 Å². The minimum absolute atomic E-state index is 0.110. The molecule has 1 saturated carbocycles. The van der Waals surface area contributed by atoms with Gasteiger partial charge in [0, 0.05) is 59.1 Å². The number of anilines is 3. The largest absolute Gasteiger partial charge is 0.497 e. The molecular formula is C72H94ClFN10O2S. The summed E-state index contributed by atoms with van der Waals surface area (Å²) in [4.78, 5) is 25.6. The Kier molecular flexibility index (Phi) is 21.9. The summed E-state index contributed by atoms with van der Waals surface area (Å²) >= 11 is 8.32. The highest BCUT2D eigenvalue weighted by Gasteiger charge is 2.32. The van der Waals surface area contributed by atoms with Gasteiger partial charge >= 0.3 is 0 Å². The van der Waals surface area contributed by atoms with Gasteiger partial charge in [0.05, 0.1) is 47.7 Å². The number of hydrogen-bond donors (Lipinski definition) is 1. The van der Waals surface area contributed by atoms with E-state index in [0.29, 0.717) is 22.5 Å². The van der Waals surface area contributed by atoms with Crippen molar-refractivity contribution in [1.82, 2.24) is 34.1 Å². The fourth-order valence-corrected chi connectivity index (χ4v) is 13.4. The van der Waals surface area contributed by atoms with Crippen molar-refractivity contribution in [3.8, 4) is 39.6 Å². The lowest BCUT2D eigenvalue weighted by Crippen LogP contribution is -2.30. The molecule has 5 aromatic heterocycles. The van der Waals surface area contributed by atoms with Gasteiger partial charge in [-0.2, -0.15) is 9.61 Å². The molecule has 0 amide bonds. The zero-order valence-electron chi connectivity index (χ0n) is 55.4. The number of nitrogens with one attached hydrogen (secondary N) is 1. The summed E-state index contributed by atoms with van der Waals surface area (Å²) in [5.74, 6) is 5.12. The number of halogens is 2. The van der Waals surface area contributed by atoms with Crippen molar-refractivity contribution in [3.05, 3.63) is 150 Å². The van der Waals surface area contributed by atoms with Crippen molar-refractivity contribution in [2.24, 2.45) is 5.92 Å². The molecule has 1 N–H and O–H groups in total. The predicted octanol–water partition coefficient (Wildman–Crippen LogP) is 19.1. The van der Waals surface area contributed by atoms with Gasteiger partial charge in [-0.3, -0.25) is 4.57 Å². The van der Waals surface area contributed by atoms with E-state index in [0.717, 1.165) is 146 Å². The minimum Gasteiger partial charge on any atom is -0.497 e. The van der Waals surface area contributed by atoms with Crippen LogP contribution in [0, 0.1) is 94.8 Å². The lowest BCUT2D eigenvalue weighted by Gasteiger charge is -2.32. The second-order valence-electron chi connectivity index (χ2n) is 23.9. The first-order valence-corrected chi connectivity index (χ1v) is 32.6. The number of aryl methyl sites for hydroxylation is 11. The number of thiazole rings is 1. The Bertz CT molecular complexity index is 3850. The molecule has 87 heavy (non-hydrogen) atoms. The van der Waals surface area contributed by atoms with E-state index < -0.39 is 0 Å². The number of unbranched alkanes of at least 4 members (excludes halogenated alkanes) is 1. The number of ether oxygens (including phenoxy) is 2. The third-order valence-electron chi connectivity index (χ3n) is 17.1. The van der Waals surface area contributed by atoms with Crippen LogP contribution in [0.2, 0.25) is 5.02 Å². The summed E-state index contributed by atoms with van der Waals surface area (Å²) in [5.41, 5.74) is 19.5. The maximum Gasteiger partial charge on any atom is 0.186 e. The van der Waals surface area contributed by atoms with Crippen LogP contribution < -0.4 is 24.6 Å². The van der Waals surface area contributed by atoms with Crippen molar-refractivity contribution in [2.75, 3.05) is 49.0 Å². The van der Waals surface area contributed by atoms with Crippen molar-refractivity contribution < 1.29 is 13.9 Å². The van der Waals surface area contributed by atoms with E-state index in [1.165, 1.54) is 64.7 Å². The normalized spacial score (nSPS) is 12.5. The summed E-state index contributed by atoms with van der Waals surface area (Å²) in [6.45, 7) is 39.0. The summed E-state index contributed by atoms with van der Waals surface area (Å²) in [6.07, 6.45) is 9.04. The molecule has 1 fully saturated rings. The van der Waals surface area contributed by atoms with Crippen LogP contribution in [0.3, 0.4) is 0 Å². The standard InChI is InChI=1S/C27H32ClFN2OS.C24H34N4.C21H28N4O/c1-6-11-31(24(13-19-8-9-19)20-10-7-16(2)23(29)14-20)27-30-26(18(4)33-27)21-12-17(3)25(32-5)15-22(21)28;1-9-11-12-27(10-2)23-21-18(6)19(7)28(24(21)26-20(8)25-23)22-16(4)13-15(3)14-17(22)5;1-7-16(8-2)23-19-12-14(4)22-21-20(15(5)24-25(19)21)18-10-9-17(26-6)11-13(18)3/h7,10,12,14-15,19,24H,6,8-9,11,13H2,1-5H3;13-14H,9-12H2,1-8H3;9-12,16,23H,7-8H2,1-6H3/t24-;;/m0../s1. The Balaban J connectivity index is 0.000000171. The molecule has 0 spiro atoms. The van der Waals surface area contributed by atoms with Gasteiger partial charge in [-0.15, -0.1) is 11.3 Å². The molecule has 10 rings (SSSR count). The molecule has 1 aliphatic carbocycles. The SMILES string of the molecule is CCC(CC)Nc1cc(C)nc2c(-c3ccc(OC)cc3C)c(C)nn12.CCCCN(CC)c1nc(C)nc2c1c(C)c(C)n2-c1c(C)cc(C)cc1C.CCCN(c1nc(-c2cc(C)c(OC)cc2Cl)c(C)s1)[C@@H](CC1CC1)c1ccc(C)c(F)c1. The fourth-order valence-electron chi connectivity index (χ4n) is 12.1. The van der Waals surface area contributed by atoms with Gasteiger partial charge in [-0.25, -0.2) is 24.3 Å². The van der Waals surface area contributed by atoms with E-state index in [1.54, 1.807) is 31.6 Å². The Morgan fingerprint density at radius 1 is 0.724 bits per heavy atom. The highest BCUT2D eigenvalue weighted by Crippen LogP contribution is 2.46. The Labute approximate surface area is 527 Å². The van der Waals surface area contributed by atoms with Gasteiger partial charge in [0.1, 0.15) is 34.8 Å². The molecule has 4 aromatic carbocycles. The van der Waals surface area contributed by atoms with Crippen LogP contribution in [-0.2, 0) is 0 Å². The Morgan fingerprint density at radius 3 is 2.05 bits per heavy atom. The molecule has 0 saturated heterocycles. The van der Waals surface area contributed by atoms with Crippen LogP contribution >= 0.6 is 22.9 Å². The van der Waals surface area contributed by atoms with E-state index in [2.05, 4.69) is 139 Å². The van der Waals surface area contributed by atoms with Gasteiger partial charge < -0.3 is 24.6 Å². The number of benzene rings is 4. The molecule has 1 atom stereocenters. The maximum atomic E-state index is 14.5. The van der Waals surface area contributed by atoms with Crippen molar-refractivity contribution in [1.29, 1.82) is 0 Å². The molecule has 1 aliphatic rings. The molecule has 464 valence electrons. The number of methoxy groups -OCH3 is 2. The number of fused-ring (bicyclic) bond motifs is 2. The monoisotopic (exact) mass is 1220 g/mol. The average Bonchev–Trinajstić information content (AvgIpc) is 1.70. The third kappa shape index (κ3) is 14.6. The quantitative estimate of drug-likeness (QED) is 0.0747. The second-order valence-corrected chi connectivity index (χ2v) is 25.5. The van der Waals surface area contributed by atoms with E-state index in [4.69, 9.17) is 46.1 Å². The van der Waals surface area contributed by atoms with Crippen molar-refractivity contribution in [2.45, 2.75) is 181 Å². The number of aromatic nitrogens is 7. The summed E-state index contributed by atoms with van der Waals surface area (Å²) in [6, 6.07) is 22.9. The van der Waals surface area contributed by atoms with Gasteiger partial charge in [-0.05, 0) is 203 Å². The fraction of sp³-hybridized carbons (Fsp3) is 0.458. The van der Waals surface area contributed by atoms with Crippen LogP contribution in [0.1, 0.15) is 164 Å². The molecule has 0 unspecified atom stereocenters. The zero-order chi connectivity index (χ0) is 63.1. The third-order valence-corrected chi connectivity index (χ3v) is 18.5. The Morgan fingerprint density at radius 2 is 1.44 bits per heavy atom. The number of nitrogens with zero attached hydrogens (tertiary/aromatic N) is 9. The highest BCUT2D eigenvalue weighted by atomic mass is 35.5. The van der Waals surface area contributed by atoms with Crippen molar-refractivity contribution in [3.63, 3.8) is 0 Å². The van der Waals surface area contributed by atoms with Gasteiger partial charge in [0.2, 0.25) is 0 Å². The van der Waals surface area contributed by atoms with Gasteiger partial charge in [0.25, 0.3) is 0 Å². The number of rotatable bonds is 21. The molecule has 0 radical (unpaired) electrons. The average molecular weight is 1220 g/mol. The van der Waals surface area contributed by atoms with E-state index in [9.17, 15) is 4.39 Å². The summed E-state index contributed by atoms with van der Waals surface area (Å²) in [7, 11) is 3.34. The van der Waals surface area contributed by atoms with E-state index >= 15 is 0 Å². The summed E-state index contributed by atoms with van der Waals surface area (Å²) < 4.78 is 29.6. The van der Waals surface area contributed by atoms with Crippen LogP contribution in [0.25, 0.3) is 44.8 Å². The van der Waals surface area contributed by atoms with Crippen LogP contribution in [0.4, 0.5) is 21.2 Å². The predicted molar refractivity (Wildman–Crippen MR) is 365 cm³/mol. The van der Waals surface area contributed by atoms with E-state index in [1.807, 2.05) is 63.4 Å². The van der Waals surface area contributed by atoms with E-state index in [-0.39, 0.29) is 11.9 Å². The molecule has 9 aromatic rings. The zero-order valence-corrected chi connectivity index (χ0v) is 56.9. The van der Waals surface area contributed by atoms with Crippen LogP contribution in [-0.4, -0.2) is 74.0 Å². The molecule has 5 heterocycles. The first-order valence-electron chi connectivity index (χ1n) is 31.4. The molecule has 0 bridgehead atoms. The molecule has 0 aliphatic heterocycles. The molecule has 12 nitrogen and oxygen atoms in total. The topological polar surface area (TPSA) is 111 Å². The second kappa shape index (κ2) is 28.9. The molecular weight excluding hydrogens is 1120 g/mol. The first kappa shape index (κ1) is 65.9. The maximum absolute atomic E-state index is 14.5. The Hall–Kier alpha value is -7.03. The minimum atomic E-state index is -0.138. The molecule has 15 heteroatoms. The van der Waals surface area contributed by atoms with Crippen LogP contribution in [0.5, 0.6) is 11.5 Å². The highest BCUT2D eigenvalue weighted by molar-refractivity contribution is 7.16. The van der Waals surface area contributed by atoms with Gasteiger partial charge in [0.15, 0.2) is 16.4 Å². The smallest absolute Gasteiger partial charge is 0.186 e.